The Bertz CT molecular complexity index is 773. The summed E-state index contributed by atoms with van der Waals surface area (Å²) in [6.45, 7) is 0. The number of ether oxygens (including phenoxy) is 2. The smallest absolute Gasteiger partial charge is 0.163 e. The highest BCUT2D eigenvalue weighted by molar-refractivity contribution is 9.10. The first-order valence-corrected chi connectivity index (χ1v) is 7.09. The maximum absolute atomic E-state index is 6.05. The van der Waals surface area contributed by atoms with Crippen molar-refractivity contribution < 1.29 is 9.47 Å². The topological polar surface area (TPSA) is 73.2 Å². The van der Waals surface area contributed by atoms with Gasteiger partial charge in [0, 0.05) is 27.9 Å². The Labute approximate surface area is 130 Å². The summed E-state index contributed by atoms with van der Waals surface area (Å²) >= 11 is 3.40. The van der Waals surface area contributed by atoms with Crippen LogP contribution in [-0.4, -0.2) is 24.2 Å². The zero-order valence-electron chi connectivity index (χ0n) is 11.6. The highest BCUT2D eigenvalue weighted by Gasteiger charge is 2.12. The Balaban J connectivity index is 2.16. The molecule has 0 aliphatic rings. The molecule has 1 heterocycles. The number of nitrogens with zero attached hydrogens (tertiary/aromatic N) is 1. The van der Waals surface area contributed by atoms with E-state index in [0.717, 1.165) is 21.1 Å². The number of aromatic nitrogens is 2. The lowest BCUT2D eigenvalue weighted by Gasteiger charge is -2.06. The van der Waals surface area contributed by atoms with Gasteiger partial charge in [0.15, 0.2) is 11.5 Å². The van der Waals surface area contributed by atoms with E-state index in [2.05, 4.69) is 25.9 Å². The number of methoxy groups -OCH3 is 2. The van der Waals surface area contributed by atoms with Crippen LogP contribution < -0.4 is 15.2 Å². The predicted octanol–water partition coefficient (Wildman–Crippen LogP) is 3.59. The number of hydrogen-bond acceptors (Lipinski definition) is 4. The number of nitrogens with one attached hydrogen (secondary N) is 1. The monoisotopic (exact) mass is 347 g/mol. The van der Waals surface area contributed by atoms with Crippen LogP contribution in [0.4, 0.5) is 5.69 Å². The van der Waals surface area contributed by atoms with Crippen molar-refractivity contribution in [2.24, 2.45) is 0 Å². The third kappa shape index (κ3) is 2.42. The van der Waals surface area contributed by atoms with E-state index in [1.54, 1.807) is 14.2 Å². The van der Waals surface area contributed by atoms with Gasteiger partial charge in [-0.2, -0.15) is 0 Å². The molecule has 0 radical (unpaired) electrons. The maximum Gasteiger partial charge on any atom is 0.163 e. The predicted molar refractivity (Wildman–Crippen MR) is 86.7 cm³/mol. The average Bonchev–Trinajstić information content (AvgIpc) is 2.87. The average molecular weight is 348 g/mol. The molecule has 108 valence electrons. The fourth-order valence-electron chi connectivity index (χ4n) is 2.21. The van der Waals surface area contributed by atoms with E-state index < -0.39 is 0 Å². The summed E-state index contributed by atoms with van der Waals surface area (Å²) in [5, 5.41) is 0. The molecule has 0 aliphatic carbocycles. The lowest BCUT2D eigenvalue weighted by molar-refractivity contribution is 0.356. The van der Waals surface area contributed by atoms with Crippen molar-refractivity contribution in [1.82, 2.24) is 9.97 Å². The highest BCUT2D eigenvalue weighted by Crippen LogP contribution is 2.34. The second-order valence-corrected chi connectivity index (χ2v) is 5.46. The molecule has 5 nitrogen and oxygen atoms in total. The Kier molecular flexibility index (Phi) is 3.47. The molecule has 0 saturated carbocycles. The molecule has 1 aromatic heterocycles. The molecule has 3 N–H and O–H groups in total. The Hall–Kier alpha value is -2.21. The van der Waals surface area contributed by atoms with Crippen LogP contribution in [0, 0.1) is 0 Å². The molecular formula is C15H14BrN3O2. The lowest BCUT2D eigenvalue weighted by Crippen LogP contribution is -1.91. The van der Waals surface area contributed by atoms with Gasteiger partial charge < -0.3 is 20.2 Å². The molecule has 0 saturated heterocycles. The number of rotatable bonds is 3. The number of fused-ring (bicyclic) bond motifs is 1. The summed E-state index contributed by atoms with van der Waals surface area (Å²) in [5.74, 6) is 2.01. The van der Waals surface area contributed by atoms with Crippen LogP contribution in [0.3, 0.4) is 0 Å². The maximum atomic E-state index is 6.05. The minimum Gasteiger partial charge on any atom is -0.493 e. The number of aromatic amines is 1. The van der Waals surface area contributed by atoms with Crippen molar-refractivity contribution in [3.05, 3.63) is 34.8 Å². The van der Waals surface area contributed by atoms with E-state index in [1.165, 1.54) is 0 Å². The summed E-state index contributed by atoms with van der Waals surface area (Å²) < 4.78 is 11.5. The standard InChI is InChI=1S/C15H14BrN3O2/c1-20-13-6-11-12(7-14(13)21-2)19-15(18-11)9-4-3-8(16)5-10(9)17/h3-7H,17H2,1-2H3,(H,18,19). The number of hydrogen-bond donors (Lipinski definition) is 2. The molecule has 0 unspecified atom stereocenters. The van der Waals surface area contributed by atoms with Crippen LogP contribution in [0.5, 0.6) is 11.5 Å². The zero-order chi connectivity index (χ0) is 15.0. The van der Waals surface area contributed by atoms with E-state index >= 15 is 0 Å². The number of H-pyrrole nitrogens is 1. The minimum atomic E-state index is 0.645. The molecule has 0 bridgehead atoms. The molecule has 21 heavy (non-hydrogen) atoms. The zero-order valence-corrected chi connectivity index (χ0v) is 13.2. The largest absolute Gasteiger partial charge is 0.493 e. The van der Waals surface area contributed by atoms with Crippen LogP contribution in [0.15, 0.2) is 34.8 Å². The first-order valence-electron chi connectivity index (χ1n) is 6.29. The SMILES string of the molecule is COc1cc2nc(-c3ccc(Br)cc3N)[nH]c2cc1OC. The molecule has 0 amide bonds. The number of halogens is 1. The number of nitrogens with two attached hydrogens (primary N) is 1. The molecule has 0 fully saturated rings. The third-order valence-corrected chi connectivity index (χ3v) is 3.75. The molecule has 3 rings (SSSR count). The molecule has 0 aliphatic heterocycles. The second-order valence-electron chi connectivity index (χ2n) is 4.54. The van der Waals surface area contributed by atoms with E-state index in [0.29, 0.717) is 23.0 Å². The Morgan fingerprint density at radius 3 is 2.48 bits per heavy atom. The normalized spacial score (nSPS) is 10.8. The highest BCUT2D eigenvalue weighted by atomic mass is 79.9. The number of nitrogen functional groups attached to an aromatic ring is 1. The van der Waals surface area contributed by atoms with E-state index in [9.17, 15) is 0 Å². The summed E-state index contributed by atoms with van der Waals surface area (Å²) in [6, 6.07) is 9.40. The molecule has 6 heteroatoms. The van der Waals surface area contributed by atoms with Crippen LogP contribution in [-0.2, 0) is 0 Å². The summed E-state index contributed by atoms with van der Waals surface area (Å²) in [4.78, 5) is 7.83. The minimum absolute atomic E-state index is 0.645. The first kappa shape index (κ1) is 13.8. The van der Waals surface area contributed by atoms with Crippen molar-refractivity contribution in [3.8, 4) is 22.9 Å². The van der Waals surface area contributed by atoms with Crippen molar-refractivity contribution in [1.29, 1.82) is 0 Å². The summed E-state index contributed by atoms with van der Waals surface area (Å²) in [7, 11) is 3.21. The summed E-state index contributed by atoms with van der Waals surface area (Å²) in [5.41, 5.74) is 9.22. The number of imidazole rings is 1. The van der Waals surface area contributed by atoms with Gasteiger partial charge in [0.05, 0.1) is 25.3 Å². The van der Waals surface area contributed by atoms with Crippen molar-refractivity contribution in [2.45, 2.75) is 0 Å². The van der Waals surface area contributed by atoms with Crippen molar-refractivity contribution in [3.63, 3.8) is 0 Å². The Morgan fingerprint density at radius 2 is 1.81 bits per heavy atom. The van der Waals surface area contributed by atoms with Crippen molar-refractivity contribution in [2.75, 3.05) is 20.0 Å². The first-order chi connectivity index (χ1) is 10.1. The fraction of sp³-hybridized carbons (Fsp3) is 0.133. The summed E-state index contributed by atoms with van der Waals surface area (Å²) in [6.07, 6.45) is 0. The van der Waals surface area contributed by atoms with Gasteiger partial charge in [0.25, 0.3) is 0 Å². The van der Waals surface area contributed by atoms with E-state index in [4.69, 9.17) is 15.2 Å². The van der Waals surface area contributed by atoms with Crippen LogP contribution >= 0.6 is 15.9 Å². The molecule has 2 aromatic carbocycles. The molecule has 0 atom stereocenters. The quantitative estimate of drug-likeness (QED) is 0.710. The second kappa shape index (κ2) is 5.29. The molecule has 0 spiro atoms. The van der Waals surface area contributed by atoms with Crippen LogP contribution in [0.2, 0.25) is 0 Å². The third-order valence-electron chi connectivity index (χ3n) is 3.26. The van der Waals surface area contributed by atoms with Gasteiger partial charge in [-0.25, -0.2) is 4.98 Å². The van der Waals surface area contributed by atoms with Gasteiger partial charge in [0.2, 0.25) is 0 Å². The number of anilines is 1. The molecular weight excluding hydrogens is 334 g/mol. The Morgan fingerprint density at radius 1 is 1.10 bits per heavy atom. The number of benzene rings is 2. The molecule has 3 aromatic rings. The van der Waals surface area contributed by atoms with Gasteiger partial charge >= 0.3 is 0 Å². The van der Waals surface area contributed by atoms with E-state index in [-0.39, 0.29) is 0 Å². The van der Waals surface area contributed by atoms with Gasteiger partial charge in [-0.05, 0) is 18.2 Å². The lowest BCUT2D eigenvalue weighted by atomic mass is 10.2. The van der Waals surface area contributed by atoms with Gasteiger partial charge in [-0.3, -0.25) is 0 Å². The van der Waals surface area contributed by atoms with Crippen LogP contribution in [0.1, 0.15) is 0 Å². The van der Waals surface area contributed by atoms with Gasteiger partial charge in [-0.15, -0.1) is 0 Å². The fourth-order valence-corrected chi connectivity index (χ4v) is 2.59. The van der Waals surface area contributed by atoms with E-state index in [1.807, 2.05) is 30.3 Å². The van der Waals surface area contributed by atoms with Crippen LogP contribution in [0.25, 0.3) is 22.4 Å². The van der Waals surface area contributed by atoms with Gasteiger partial charge in [-0.1, -0.05) is 15.9 Å². The van der Waals surface area contributed by atoms with Gasteiger partial charge in [0.1, 0.15) is 5.82 Å². The van der Waals surface area contributed by atoms with Crippen molar-refractivity contribution >= 4 is 32.7 Å².